The van der Waals surface area contributed by atoms with Crippen molar-refractivity contribution < 1.29 is 14.2 Å². The lowest BCUT2D eigenvalue weighted by Crippen LogP contribution is -2.18. The van der Waals surface area contributed by atoms with Gasteiger partial charge in [0.25, 0.3) is 0 Å². The van der Waals surface area contributed by atoms with Crippen LogP contribution in [0.15, 0.2) is 6.07 Å². The first-order chi connectivity index (χ1) is 10.1. The summed E-state index contributed by atoms with van der Waals surface area (Å²) in [5.41, 5.74) is 0.588. The van der Waals surface area contributed by atoms with E-state index < -0.39 is 0 Å². The van der Waals surface area contributed by atoms with E-state index in [1.165, 1.54) is 0 Å². The maximum Gasteiger partial charge on any atom is 0.225 e. The van der Waals surface area contributed by atoms with Gasteiger partial charge in [0, 0.05) is 13.6 Å². The van der Waals surface area contributed by atoms with Crippen molar-refractivity contribution in [1.29, 1.82) is 0 Å². The molecule has 2 aromatic rings. The number of benzene rings is 1. The molecule has 0 fully saturated rings. The van der Waals surface area contributed by atoms with Gasteiger partial charge in [-0.15, -0.1) is 0 Å². The van der Waals surface area contributed by atoms with Gasteiger partial charge in [0.05, 0.1) is 26.7 Å². The van der Waals surface area contributed by atoms with Crippen LogP contribution in [0.3, 0.4) is 0 Å². The molecule has 1 aromatic carbocycles. The van der Waals surface area contributed by atoms with Crippen molar-refractivity contribution in [1.82, 2.24) is 9.97 Å². The topological polar surface area (TPSA) is 56.7 Å². The van der Waals surface area contributed by atoms with Crippen molar-refractivity contribution >= 4 is 28.3 Å². The third-order valence-corrected chi connectivity index (χ3v) is 3.45. The molecule has 0 bridgehead atoms. The van der Waals surface area contributed by atoms with Gasteiger partial charge in [0.15, 0.2) is 11.5 Å². The Kier molecular flexibility index (Phi) is 4.57. The highest BCUT2D eigenvalue weighted by Crippen LogP contribution is 2.44. The molecule has 114 valence electrons. The lowest BCUT2D eigenvalue weighted by Gasteiger charge is -2.20. The quantitative estimate of drug-likeness (QED) is 0.791. The summed E-state index contributed by atoms with van der Waals surface area (Å²) in [5, 5.41) is 0.946. The monoisotopic (exact) mass is 311 g/mol. The predicted molar refractivity (Wildman–Crippen MR) is 83.1 cm³/mol. The molecule has 0 saturated heterocycles. The fraction of sp³-hybridized carbons (Fsp3) is 0.429. The molecule has 6 nitrogen and oxygen atoms in total. The number of halogens is 1. The number of fused-ring (bicyclic) bond motifs is 1. The van der Waals surface area contributed by atoms with Crippen LogP contribution in [0.2, 0.25) is 5.28 Å². The van der Waals surface area contributed by atoms with Crippen molar-refractivity contribution in [2.75, 3.05) is 39.8 Å². The van der Waals surface area contributed by atoms with Crippen molar-refractivity contribution in [2.24, 2.45) is 0 Å². The zero-order valence-electron chi connectivity index (χ0n) is 12.7. The molecule has 0 unspecified atom stereocenters. The van der Waals surface area contributed by atoms with Gasteiger partial charge >= 0.3 is 0 Å². The van der Waals surface area contributed by atoms with Crippen molar-refractivity contribution in [2.45, 2.75) is 6.92 Å². The molecule has 0 amide bonds. The van der Waals surface area contributed by atoms with E-state index in [0.29, 0.717) is 28.6 Å². The molecule has 1 heterocycles. The van der Waals surface area contributed by atoms with E-state index in [1.54, 1.807) is 21.3 Å². The van der Waals surface area contributed by atoms with Crippen molar-refractivity contribution in [3.05, 3.63) is 11.3 Å². The second-order valence-electron chi connectivity index (χ2n) is 4.37. The number of rotatable bonds is 5. The first kappa shape index (κ1) is 15.4. The van der Waals surface area contributed by atoms with Crippen LogP contribution in [0, 0.1) is 0 Å². The molecule has 0 aliphatic carbocycles. The average molecular weight is 312 g/mol. The molecule has 21 heavy (non-hydrogen) atoms. The summed E-state index contributed by atoms with van der Waals surface area (Å²) in [4.78, 5) is 10.6. The number of anilines is 1. The van der Waals surface area contributed by atoms with Gasteiger partial charge in [-0.05, 0) is 24.6 Å². The molecular weight excluding hydrogens is 294 g/mol. The Bertz CT molecular complexity index is 664. The van der Waals surface area contributed by atoms with Crippen molar-refractivity contribution in [3.63, 3.8) is 0 Å². The van der Waals surface area contributed by atoms with E-state index in [0.717, 1.165) is 11.9 Å². The minimum atomic E-state index is 0.156. The molecule has 0 aliphatic rings. The summed E-state index contributed by atoms with van der Waals surface area (Å²) < 4.78 is 16.2. The highest BCUT2D eigenvalue weighted by molar-refractivity contribution is 6.29. The smallest absolute Gasteiger partial charge is 0.225 e. The lowest BCUT2D eigenvalue weighted by molar-refractivity contribution is 0.327. The molecule has 0 saturated carbocycles. The van der Waals surface area contributed by atoms with E-state index in [9.17, 15) is 0 Å². The lowest BCUT2D eigenvalue weighted by atomic mass is 10.1. The van der Waals surface area contributed by atoms with Gasteiger partial charge < -0.3 is 19.1 Å². The summed E-state index contributed by atoms with van der Waals surface area (Å²) in [6, 6.07) is 1.83. The summed E-state index contributed by atoms with van der Waals surface area (Å²) in [7, 11) is 6.61. The highest BCUT2D eigenvalue weighted by Gasteiger charge is 2.21. The Morgan fingerprint density at radius 3 is 2.29 bits per heavy atom. The molecular formula is C14H18ClN3O3. The minimum absolute atomic E-state index is 0.156. The third-order valence-electron chi connectivity index (χ3n) is 3.28. The molecule has 0 atom stereocenters. The van der Waals surface area contributed by atoms with Crippen LogP contribution < -0.4 is 19.1 Å². The molecule has 0 aliphatic heterocycles. The van der Waals surface area contributed by atoms with Gasteiger partial charge in [-0.25, -0.2) is 4.98 Å². The van der Waals surface area contributed by atoms with Gasteiger partial charge in [0.1, 0.15) is 11.3 Å². The van der Waals surface area contributed by atoms with Crippen LogP contribution in [-0.2, 0) is 0 Å². The first-order valence-corrected chi connectivity index (χ1v) is 6.82. The zero-order chi connectivity index (χ0) is 15.6. The summed E-state index contributed by atoms with van der Waals surface area (Å²) >= 11 is 6.05. The van der Waals surface area contributed by atoms with Crippen LogP contribution in [0.1, 0.15) is 6.92 Å². The largest absolute Gasteiger partial charge is 0.493 e. The second-order valence-corrected chi connectivity index (χ2v) is 4.71. The number of methoxy groups -OCH3 is 3. The molecule has 2 rings (SSSR count). The van der Waals surface area contributed by atoms with Crippen LogP contribution in [0.5, 0.6) is 17.2 Å². The Balaban J connectivity index is 2.90. The average Bonchev–Trinajstić information content (AvgIpc) is 2.51. The number of hydrogen-bond donors (Lipinski definition) is 0. The van der Waals surface area contributed by atoms with E-state index >= 15 is 0 Å². The summed E-state index contributed by atoms with van der Waals surface area (Å²) in [5.74, 6) is 2.22. The summed E-state index contributed by atoms with van der Waals surface area (Å²) in [6.45, 7) is 2.80. The van der Waals surface area contributed by atoms with Gasteiger partial charge in [-0.3, -0.25) is 0 Å². The maximum atomic E-state index is 6.05. The Hall–Kier alpha value is -1.95. The molecule has 1 aromatic heterocycles. The zero-order valence-corrected chi connectivity index (χ0v) is 13.5. The molecule has 0 spiro atoms. The Labute approximate surface area is 128 Å². The second kappa shape index (κ2) is 6.22. The van der Waals surface area contributed by atoms with E-state index in [4.69, 9.17) is 25.8 Å². The number of ether oxygens (including phenoxy) is 3. The molecule has 0 N–H and O–H groups in total. The first-order valence-electron chi connectivity index (χ1n) is 6.44. The Morgan fingerprint density at radius 1 is 1.10 bits per heavy atom. The SMILES string of the molecule is CCN(C)c1nc(Cl)nc2c(OC)c(OC)c(OC)cc12. The number of hydrogen-bond acceptors (Lipinski definition) is 6. The predicted octanol–water partition coefficient (Wildman–Crippen LogP) is 2.77. The van der Waals surface area contributed by atoms with Crippen LogP contribution in [0.25, 0.3) is 10.9 Å². The van der Waals surface area contributed by atoms with Gasteiger partial charge in [-0.2, -0.15) is 4.98 Å². The fourth-order valence-corrected chi connectivity index (χ4v) is 2.29. The van der Waals surface area contributed by atoms with Crippen LogP contribution >= 0.6 is 11.6 Å². The van der Waals surface area contributed by atoms with Crippen LogP contribution in [0.4, 0.5) is 5.82 Å². The van der Waals surface area contributed by atoms with Gasteiger partial charge in [0.2, 0.25) is 11.0 Å². The fourth-order valence-electron chi connectivity index (χ4n) is 2.13. The van der Waals surface area contributed by atoms with E-state index in [-0.39, 0.29) is 5.28 Å². The Morgan fingerprint density at radius 2 is 1.76 bits per heavy atom. The van der Waals surface area contributed by atoms with E-state index in [2.05, 4.69) is 9.97 Å². The van der Waals surface area contributed by atoms with Crippen LogP contribution in [-0.4, -0.2) is 44.9 Å². The van der Waals surface area contributed by atoms with E-state index in [1.807, 2.05) is 24.9 Å². The third kappa shape index (κ3) is 2.63. The van der Waals surface area contributed by atoms with Gasteiger partial charge in [-0.1, -0.05) is 0 Å². The number of aromatic nitrogens is 2. The standard InChI is InChI=1S/C14H18ClN3O3/c1-6-18(2)13-8-7-9(19-3)11(20-4)12(21-5)10(8)16-14(15)17-13/h7H,6H2,1-5H3. The maximum absolute atomic E-state index is 6.05. The molecule has 0 radical (unpaired) electrons. The summed E-state index contributed by atoms with van der Waals surface area (Å²) in [6.07, 6.45) is 0. The molecule has 7 heteroatoms. The highest BCUT2D eigenvalue weighted by atomic mass is 35.5. The normalized spacial score (nSPS) is 10.6. The van der Waals surface area contributed by atoms with Crippen molar-refractivity contribution in [3.8, 4) is 17.2 Å². The number of nitrogens with zero attached hydrogens (tertiary/aromatic N) is 3. The minimum Gasteiger partial charge on any atom is -0.493 e.